The standard InChI is InChI=1S/C22H26N4O3.HI/c1-23-22(24-11-10-16-6-9-19-20(13-16)29-15-28-19)25-14-17-4-7-18(8-5-17)26-12-2-3-21(26)27;/h4-9,13H,2-3,10-12,14-15H2,1H3,(H2,23,24,25);1H. The lowest BCUT2D eigenvalue weighted by molar-refractivity contribution is -0.117. The molecule has 2 N–H and O–H groups in total. The zero-order chi connectivity index (χ0) is 20.1. The Morgan fingerprint density at radius 1 is 1.07 bits per heavy atom. The van der Waals surface area contributed by atoms with Crippen LogP contribution >= 0.6 is 24.0 Å². The number of guanidine groups is 1. The van der Waals surface area contributed by atoms with E-state index >= 15 is 0 Å². The third-order valence-electron chi connectivity index (χ3n) is 5.15. The molecule has 1 fully saturated rings. The molecule has 0 unspecified atom stereocenters. The molecule has 2 aliphatic rings. The predicted molar refractivity (Wildman–Crippen MR) is 128 cm³/mol. The second-order valence-electron chi connectivity index (χ2n) is 7.11. The smallest absolute Gasteiger partial charge is 0.231 e. The molecule has 30 heavy (non-hydrogen) atoms. The van der Waals surface area contributed by atoms with Gasteiger partial charge in [-0.1, -0.05) is 18.2 Å². The van der Waals surface area contributed by atoms with E-state index in [2.05, 4.69) is 21.7 Å². The first-order valence-electron chi connectivity index (χ1n) is 9.95. The molecule has 0 bridgehead atoms. The number of ether oxygens (including phenoxy) is 2. The lowest BCUT2D eigenvalue weighted by atomic mass is 10.1. The number of carbonyl (C=O) groups is 1. The van der Waals surface area contributed by atoms with E-state index in [4.69, 9.17) is 9.47 Å². The molecule has 4 rings (SSSR count). The summed E-state index contributed by atoms with van der Waals surface area (Å²) < 4.78 is 10.8. The van der Waals surface area contributed by atoms with Crippen molar-refractivity contribution in [3.05, 3.63) is 53.6 Å². The van der Waals surface area contributed by atoms with E-state index in [-0.39, 0.29) is 29.9 Å². The minimum absolute atomic E-state index is 0. The molecule has 8 heteroatoms. The first-order chi connectivity index (χ1) is 14.2. The van der Waals surface area contributed by atoms with Gasteiger partial charge in [0.15, 0.2) is 17.5 Å². The molecule has 7 nitrogen and oxygen atoms in total. The Kier molecular flexibility index (Phi) is 7.78. The van der Waals surface area contributed by atoms with E-state index in [0.717, 1.165) is 54.6 Å². The zero-order valence-corrected chi connectivity index (χ0v) is 19.3. The Labute approximate surface area is 193 Å². The second kappa shape index (κ2) is 10.5. The van der Waals surface area contributed by atoms with Gasteiger partial charge in [-0.25, -0.2) is 0 Å². The maximum absolute atomic E-state index is 11.8. The number of nitrogens with zero attached hydrogens (tertiary/aromatic N) is 2. The van der Waals surface area contributed by atoms with Crippen LogP contribution in [0.25, 0.3) is 0 Å². The van der Waals surface area contributed by atoms with Gasteiger partial charge in [0.1, 0.15) is 0 Å². The van der Waals surface area contributed by atoms with Crippen molar-refractivity contribution >= 4 is 41.5 Å². The number of hydrogen-bond acceptors (Lipinski definition) is 4. The van der Waals surface area contributed by atoms with Crippen molar-refractivity contribution in [2.45, 2.75) is 25.8 Å². The molecular weight excluding hydrogens is 495 g/mol. The monoisotopic (exact) mass is 522 g/mol. The second-order valence-corrected chi connectivity index (χ2v) is 7.11. The number of rotatable bonds is 6. The van der Waals surface area contributed by atoms with E-state index in [1.807, 2.05) is 41.3 Å². The van der Waals surface area contributed by atoms with Gasteiger partial charge in [0, 0.05) is 38.8 Å². The lowest BCUT2D eigenvalue weighted by Gasteiger charge is -2.16. The molecular formula is C22H27IN4O3. The van der Waals surface area contributed by atoms with Crippen LogP contribution in [0.2, 0.25) is 0 Å². The highest BCUT2D eigenvalue weighted by Crippen LogP contribution is 2.32. The molecule has 0 radical (unpaired) electrons. The summed E-state index contributed by atoms with van der Waals surface area (Å²) in [6.07, 6.45) is 2.45. The number of nitrogens with one attached hydrogen (secondary N) is 2. The maximum Gasteiger partial charge on any atom is 0.231 e. The summed E-state index contributed by atoms with van der Waals surface area (Å²) in [5, 5.41) is 6.66. The van der Waals surface area contributed by atoms with Gasteiger partial charge in [-0.3, -0.25) is 9.79 Å². The normalized spacial score (nSPS) is 15.2. The molecule has 2 heterocycles. The Morgan fingerprint density at radius 2 is 1.83 bits per heavy atom. The summed E-state index contributed by atoms with van der Waals surface area (Å²) in [6.45, 7) is 2.53. The third-order valence-corrected chi connectivity index (χ3v) is 5.15. The van der Waals surface area contributed by atoms with Crippen LogP contribution in [-0.2, 0) is 17.8 Å². The first-order valence-corrected chi connectivity index (χ1v) is 9.95. The maximum atomic E-state index is 11.8. The van der Waals surface area contributed by atoms with E-state index in [0.29, 0.717) is 19.8 Å². The van der Waals surface area contributed by atoms with Crippen LogP contribution in [0.1, 0.15) is 24.0 Å². The van der Waals surface area contributed by atoms with Gasteiger partial charge < -0.3 is 25.0 Å². The molecule has 0 saturated carbocycles. The zero-order valence-electron chi connectivity index (χ0n) is 17.0. The number of hydrogen-bond donors (Lipinski definition) is 2. The Morgan fingerprint density at radius 3 is 2.57 bits per heavy atom. The predicted octanol–water partition coefficient (Wildman–Crippen LogP) is 3.07. The highest BCUT2D eigenvalue weighted by atomic mass is 127. The first kappa shape index (κ1) is 22.2. The van der Waals surface area contributed by atoms with Gasteiger partial charge in [0.25, 0.3) is 0 Å². The fourth-order valence-electron chi connectivity index (χ4n) is 3.54. The van der Waals surface area contributed by atoms with E-state index in [1.54, 1.807) is 7.05 Å². The fraction of sp³-hybridized carbons (Fsp3) is 0.364. The van der Waals surface area contributed by atoms with Gasteiger partial charge in [-0.2, -0.15) is 0 Å². The summed E-state index contributed by atoms with van der Waals surface area (Å²) in [5.74, 6) is 2.58. The minimum atomic E-state index is 0. The molecule has 2 aromatic rings. The average molecular weight is 522 g/mol. The van der Waals surface area contributed by atoms with Crippen molar-refractivity contribution in [3.8, 4) is 11.5 Å². The highest BCUT2D eigenvalue weighted by Gasteiger charge is 2.21. The third kappa shape index (κ3) is 5.35. The van der Waals surface area contributed by atoms with Gasteiger partial charge in [-0.15, -0.1) is 24.0 Å². The molecule has 0 aromatic heterocycles. The van der Waals surface area contributed by atoms with E-state index < -0.39 is 0 Å². The van der Waals surface area contributed by atoms with E-state index in [1.165, 1.54) is 5.56 Å². The van der Waals surface area contributed by atoms with Crippen molar-refractivity contribution in [1.29, 1.82) is 0 Å². The van der Waals surface area contributed by atoms with Crippen molar-refractivity contribution in [2.75, 3.05) is 31.8 Å². The molecule has 0 spiro atoms. The van der Waals surface area contributed by atoms with Crippen LogP contribution in [0.15, 0.2) is 47.5 Å². The van der Waals surface area contributed by atoms with Gasteiger partial charge >= 0.3 is 0 Å². The van der Waals surface area contributed by atoms with Crippen LogP contribution in [0.5, 0.6) is 11.5 Å². The Balaban J connectivity index is 0.00000256. The summed E-state index contributed by atoms with van der Waals surface area (Å²) in [5.41, 5.74) is 3.30. The number of benzene rings is 2. The summed E-state index contributed by atoms with van der Waals surface area (Å²) >= 11 is 0. The molecule has 0 aliphatic carbocycles. The quantitative estimate of drug-likeness (QED) is 0.347. The molecule has 1 saturated heterocycles. The number of aliphatic imine (C=N–C) groups is 1. The molecule has 1 amide bonds. The number of fused-ring (bicyclic) bond motifs is 1. The lowest BCUT2D eigenvalue weighted by Crippen LogP contribution is -2.37. The van der Waals surface area contributed by atoms with Crippen LogP contribution in [-0.4, -0.2) is 38.8 Å². The number of carbonyl (C=O) groups excluding carboxylic acids is 1. The molecule has 0 atom stereocenters. The van der Waals surface area contributed by atoms with Crippen LogP contribution in [0, 0.1) is 0 Å². The van der Waals surface area contributed by atoms with Gasteiger partial charge in [0.05, 0.1) is 0 Å². The summed E-state index contributed by atoms with van der Waals surface area (Å²) in [4.78, 5) is 18.0. The SMILES string of the molecule is CN=C(NCCc1ccc2c(c1)OCO2)NCc1ccc(N2CCCC2=O)cc1.I. The van der Waals surface area contributed by atoms with Crippen LogP contribution in [0.4, 0.5) is 5.69 Å². The summed E-state index contributed by atoms with van der Waals surface area (Å²) in [7, 11) is 1.76. The van der Waals surface area contributed by atoms with Crippen LogP contribution in [0.3, 0.4) is 0 Å². The van der Waals surface area contributed by atoms with Crippen molar-refractivity contribution in [2.24, 2.45) is 4.99 Å². The Hall–Kier alpha value is -2.49. The van der Waals surface area contributed by atoms with Crippen molar-refractivity contribution in [1.82, 2.24) is 10.6 Å². The minimum Gasteiger partial charge on any atom is -0.454 e. The van der Waals surface area contributed by atoms with Gasteiger partial charge in [-0.05, 0) is 48.2 Å². The number of amides is 1. The van der Waals surface area contributed by atoms with Crippen molar-refractivity contribution < 1.29 is 14.3 Å². The number of anilines is 1. The molecule has 2 aromatic carbocycles. The summed E-state index contributed by atoms with van der Waals surface area (Å²) in [6, 6.07) is 14.1. The molecule has 2 aliphatic heterocycles. The largest absolute Gasteiger partial charge is 0.454 e. The molecule has 160 valence electrons. The van der Waals surface area contributed by atoms with Crippen molar-refractivity contribution in [3.63, 3.8) is 0 Å². The van der Waals surface area contributed by atoms with Gasteiger partial charge in [0.2, 0.25) is 12.7 Å². The van der Waals surface area contributed by atoms with E-state index in [9.17, 15) is 4.79 Å². The average Bonchev–Trinajstić information content (AvgIpc) is 3.39. The number of halogens is 1. The highest BCUT2D eigenvalue weighted by molar-refractivity contribution is 14.0. The van der Waals surface area contributed by atoms with Crippen LogP contribution < -0.4 is 25.0 Å². The fourth-order valence-corrected chi connectivity index (χ4v) is 3.54. The Bertz CT molecular complexity index is 902. The topological polar surface area (TPSA) is 75.2 Å².